The number of carbonyl (C=O) groups excluding carboxylic acids is 1. The summed E-state index contributed by atoms with van der Waals surface area (Å²) in [5.74, 6) is 0.828. The summed E-state index contributed by atoms with van der Waals surface area (Å²) in [5.41, 5.74) is 8.20. The van der Waals surface area contributed by atoms with Gasteiger partial charge < -0.3 is 11.1 Å². The summed E-state index contributed by atoms with van der Waals surface area (Å²) in [6.07, 6.45) is 4.59. The van der Waals surface area contributed by atoms with Crippen molar-refractivity contribution in [2.45, 2.75) is 59.0 Å². The van der Waals surface area contributed by atoms with Crippen molar-refractivity contribution >= 4 is 11.6 Å². The monoisotopic (exact) mass is 264 g/mol. The zero-order valence-electron chi connectivity index (χ0n) is 12.1. The number of hydrogen-bond donors (Lipinski definition) is 2. The van der Waals surface area contributed by atoms with Gasteiger partial charge in [0.1, 0.15) is 6.54 Å². The maximum atomic E-state index is 12.0. The van der Waals surface area contributed by atoms with E-state index in [2.05, 4.69) is 17.3 Å². The van der Waals surface area contributed by atoms with E-state index >= 15 is 0 Å². The Morgan fingerprint density at radius 3 is 2.53 bits per heavy atom. The standard InChI is InChI=1S/C14H24N4O/c1-9-4-6-12(7-5-9)16-13(19)8-18-11(3)14(15)10(2)17-18/h9,12H,4-8,15H2,1-3H3,(H,16,19). The maximum Gasteiger partial charge on any atom is 0.241 e. The molecule has 1 aromatic rings. The second-order valence-electron chi connectivity index (χ2n) is 5.77. The number of hydrogen-bond acceptors (Lipinski definition) is 3. The van der Waals surface area contributed by atoms with Gasteiger partial charge in [0.2, 0.25) is 5.91 Å². The van der Waals surface area contributed by atoms with E-state index in [1.807, 2.05) is 13.8 Å². The lowest BCUT2D eigenvalue weighted by Gasteiger charge is -2.26. The van der Waals surface area contributed by atoms with Crippen molar-refractivity contribution in [3.8, 4) is 0 Å². The number of nitrogen functional groups attached to an aromatic ring is 1. The Labute approximate surface area is 114 Å². The van der Waals surface area contributed by atoms with Gasteiger partial charge in [0.05, 0.1) is 17.1 Å². The molecule has 5 heteroatoms. The number of amides is 1. The third-order valence-corrected chi connectivity index (χ3v) is 4.11. The van der Waals surface area contributed by atoms with Gasteiger partial charge in [0, 0.05) is 6.04 Å². The summed E-state index contributed by atoms with van der Waals surface area (Å²) in [7, 11) is 0. The van der Waals surface area contributed by atoms with Gasteiger partial charge in [-0.3, -0.25) is 9.48 Å². The minimum absolute atomic E-state index is 0.0325. The first-order valence-electron chi connectivity index (χ1n) is 7.06. The molecule has 2 rings (SSSR count). The van der Waals surface area contributed by atoms with E-state index in [1.54, 1.807) is 4.68 Å². The molecular formula is C14H24N4O. The van der Waals surface area contributed by atoms with Crippen LogP contribution < -0.4 is 11.1 Å². The average molecular weight is 264 g/mol. The first-order chi connectivity index (χ1) is 8.97. The van der Waals surface area contributed by atoms with Crippen LogP contribution in [0.3, 0.4) is 0 Å². The summed E-state index contributed by atoms with van der Waals surface area (Å²) in [6, 6.07) is 0.331. The van der Waals surface area contributed by atoms with Crippen LogP contribution in [0, 0.1) is 19.8 Å². The molecule has 1 saturated carbocycles. The molecule has 1 fully saturated rings. The van der Waals surface area contributed by atoms with Gasteiger partial charge in [-0.25, -0.2) is 0 Å². The van der Waals surface area contributed by atoms with Crippen LogP contribution >= 0.6 is 0 Å². The number of nitrogens with one attached hydrogen (secondary N) is 1. The van der Waals surface area contributed by atoms with E-state index < -0.39 is 0 Å². The number of aromatic nitrogens is 2. The van der Waals surface area contributed by atoms with Gasteiger partial charge >= 0.3 is 0 Å². The molecule has 0 radical (unpaired) electrons. The molecule has 19 heavy (non-hydrogen) atoms. The molecule has 106 valence electrons. The highest BCUT2D eigenvalue weighted by Gasteiger charge is 2.20. The molecular weight excluding hydrogens is 240 g/mol. The largest absolute Gasteiger partial charge is 0.396 e. The number of nitrogens with zero attached hydrogens (tertiary/aromatic N) is 2. The fourth-order valence-electron chi connectivity index (χ4n) is 2.68. The first-order valence-corrected chi connectivity index (χ1v) is 7.06. The molecule has 1 aliphatic carbocycles. The number of aryl methyl sites for hydroxylation is 1. The molecule has 0 spiro atoms. The van der Waals surface area contributed by atoms with Crippen molar-refractivity contribution < 1.29 is 4.79 Å². The Bertz CT molecular complexity index is 458. The summed E-state index contributed by atoms with van der Waals surface area (Å²) < 4.78 is 1.69. The Morgan fingerprint density at radius 2 is 2.00 bits per heavy atom. The number of rotatable bonds is 3. The molecule has 0 bridgehead atoms. The van der Waals surface area contributed by atoms with Gasteiger partial charge in [0.15, 0.2) is 0 Å². The lowest BCUT2D eigenvalue weighted by atomic mass is 9.87. The SMILES string of the molecule is Cc1nn(CC(=O)NC2CCC(C)CC2)c(C)c1N. The number of anilines is 1. The van der Waals surface area contributed by atoms with Gasteiger partial charge in [-0.2, -0.15) is 5.10 Å². The number of nitrogens with two attached hydrogens (primary N) is 1. The van der Waals surface area contributed by atoms with E-state index in [1.165, 1.54) is 12.8 Å². The van der Waals surface area contributed by atoms with Crippen LogP contribution in [-0.2, 0) is 11.3 Å². The van der Waals surface area contributed by atoms with Crippen LogP contribution in [0.5, 0.6) is 0 Å². The summed E-state index contributed by atoms with van der Waals surface area (Å²) in [6.45, 7) is 6.29. The highest BCUT2D eigenvalue weighted by atomic mass is 16.2. The fourth-order valence-corrected chi connectivity index (χ4v) is 2.68. The molecule has 0 aliphatic heterocycles. The predicted molar refractivity (Wildman–Crippen MR) is 75.7 cm³/mol. The highest BCUT2D eigenvalue weighted by molar-refractivity contribution is 5.76. The van der Waals surface area contributed by atoms with Crippen LogP contribution in [0.1, 0.15) is 44.0 Å². The van der Waals surface area contributed by atoms with Gasteiger partial charge in [0.25, 0.3) is 0 Å². The topological polar surface area (TPSA) is 72.9 Å². The van der Waals surface area contributed by atoms with Crippen LogP contribution in [0.4, 0.5) is 5.69 Å². The third-order valence-electron chi connectivity index (χ3n) is 4.11. The molecule has 0 saturated heterocycles. The molecule has 1 amide bonds. The maximum absolute atomic E-state index is 12.0. The van der Waals surface area contributed by atoms with Crippen molar-refractivity contribution in [3.63, 3.8) is 0 Å². The van der Waals surface area contributed by atoms with Gasteiger partial charge in [-0.1, -0.05) is 6.92 Å². The Balaban J connectivity index is 1.89. The van der Waals surface area contributed by atoms with E-state index in [4.69, 9.17) is 5.73 Å². The van der Waals surface area contributed by atoms with E-state index in [0.717, 1.165) is 30.1 Å². The molecule has 0 aromatic carbocycles. The lowest BCUT2D eigenvalue weighted by molar-refractivity contribution is -0.122. The van der Waals surface area contributed by atoms with Gasteiger partial charge in [-0.15, -0.1) is 0 Å². The molecule has 5 nitrogen and oxygen atoms in total. The molecule has 0 unspecified atom stereocenters. The summed E-state index contributed by atoms with van der Waals surface area (Å²) >= 11 is 0. The Morgan fingerprint density at radius 1 is 1.37 bits per heavy atom. The van der Waals surface area contributed by atoms with E-state index in [9.17, 15) is 4.79 Å². The molecule has 3 N–H and O–H groups in total. The fraction of sp³-hybridized carbons (Fsp3) is 0.714. The van der Waals surface area contributed by atoms with Crippen molar-refractivity contribution in [1.29, 1.82) is 0 Å². The quantitative estimate of drug-likeness (QED) is 0.874. The Hall–Kier alpha value is -1.52. The predicted octanol–water partition coefficient (Wildman–Crippen LogP) is 1.78. The molecule has 1 aliphatic rings. The zero-order chi connectivity index (χ0) is 14.0. The smallest absolute Gasteiger partial charge is 0.241 e. The van der Waals surface area contributed by atoms with Gasteiger partial charge in [-0.05, 0) is 45.4 Å². The second-order valence-corrected chi connectivity index (χ2v) is 5.77. The molecule has 1 heterocycles. The Kier molecular flexibility index (Phi) is 4.12. The minimum Gasteiger partial charge on any atom is -0.396 e. The van der Waals surface area contributed by atoms with Crippen molar-refractivity contribution in [1.82, 2.24) is 15.1 Å². The van der Waals surface area contributed by atoms with Crippen LogP contribution in [0.2, 0.25) is 0 Å². The lowest BCUT2D eigenvalue weighted by Crippen LogP contribution is -2.39. The molecule has 0 atom stereocenters. The number of carbonyl (C=O) groups is 1. The first kappa shape index (κ1) is 13.9. The highest BCUT2D eigenvalue weighted by Crippen LogP contribution is 2.23. The summed E-state index contributed by atoms with van der Waals surface area (Å²) in [4.78, 5) is 12.0. The summed E-state index contributed by atoms with van der Waals surface area (Å²) in [5, 5.41) is 7.39. The van der Waals surface area contributed by atoms with E-state index in [-0.39, 0.29) is 12.5 Å². The van der Waals surface area contributed by atoms with Crippen molar-refractivity contribution in [2.75, 3.05) is 5.73 Å². The van der Waals surface area contributed by atoms with Crippen LogP contribution in [-0.4, -0.2) is 21.7 Å². The van der Waals surface area contributed by atoms with E-state index in [0.29, 0.717) is 11.7 Å². The van der Waals surface area contributed by atoms with Crippen molar-refractivity contribution in [2.24, 2.45) is 5.92 Å². The van der Waals surface area contributed by atoms with Crippen molar-refractivity contribution in [3.05, 3.63) is 11.4 Å². The molecule has 1 aromatic heterocycles. The second kappa shape index (κ2) is 5.63. The minimum atomic E-state index is 0.0325. The third kappa shape index (κ3) is 3.28. The van der Waals surface area contributed by atoms with Crippen LogP contribution in [0.25, 0.3) is 0 Å². The van der Waals surface area contributed by atoms with Crippen LogP contribution in [0.15, 0.2) is 0 Å². The zero-order valence-corrected chi connectivity index (χ0v) is 12.1. The normalized spacial score (nSPS) is 23.3. The average Bonchev–Trinajstić information content (AvgIpc) is 2.60.